The van der Waals surface area contributed by atoms with Crippen molar-refractivity contribution < 1.29 is 18.7 Å². The first kappa shape index (κ1) is 19.8. The number of nitrogens with one attached hydrogen (secondary N) is 1. The summed E-state index contributed by atoms with van der Waals surface area (Å²) in [7, 11) is 0. The molecule has 2 heterocycles. The van der Waals surface area contributed by atoms with Crippen molar-refractivity contribution in [3.63, 3.8) is 0 Å². The van der Waals surface area contributed by atoms with E-state index in [0.29, 0.717) is 13.1 Å². The molecule has 0 aliphatic carbocycles. The van der Waals surface area contributed by atoms with Gasteiger partial charge in [-0.3, -0.25) is 4.79 Å². The quantitative estimate of drug-likeness (QED) is 0.792. The van der Waals surface area contributed by atoms with E-state index in [1.54, 1.807) is 23.3 Å². The number of carbonyl (C=O) groups is 2. The zero-order valence-corrected chi connectivity index (χ0v) is 16.2. The maximum atomic E-state index is 13.9. The molecule has 0 unspecified atom stereocenters. The van der Waals surface area contributed by atoms with Gasteiger partial charge in [-0.25, -0.2) is 14.2 Å². The van der Waals surface area contributed by atoms with E-state index < -0.39 is 17.8 Å². The number of terminal acetylenes is 1. The summed E-state index contributed by atoms with van der Waals surface area (Å²) in [6.45, 7) is 2.83. The third kappa shape index (κ3) is 4.67. The van der Waals surface area contributed by atoms with Crippen molar-refractivity contribution in [1.29, 1.82) is 0 Å². The Labute approximate surface area is 166 Å². The number of nitrogens with zero attached hydrogens (tertiary/aromatic N) is 2. The number of thiazole rings is 1. The van der Waals surface area contributed by atoms with E-state index in [-0.39, 0.29) is 23.9 Å². The highest BCUT2D eigenvalue weighted by Crippen LogP contribution is 2.30. The van der Waals surface area contributed by atoms with Crippen molar-refractivity contribution >= 4 is 29.0 Å². The fourth-order valence-corrected chi connectivity index (χ4v) is 3.96. The largest absolute Gasteiger partial charge is 0.436 e. The molecule has 1 aliphatic heterocycles. The second kappa shape index (κ2) is 8.85. The summed E-state index contributed by atoms with van der Waals surface area (Å²) < 4.78 is 18.9. The van der Waals surface area contributed by atoms with Crippen LogP contribution in [0.5, 0.6) is 0 Å². The summed E-state index contributed by atoms with van der Waals surface area (Å²) in [4.78, 5) is 30.2. The molecule has 0 bridgehead atoms. The lowest BCUT2D eigenvalue weighted by molar-refractivity contribution is 0.102. The van der Waals surface area contributed by atoms with Crippen molar-refractivity contribution in [3.05, 3.63) is 45.7 Å². The number of benzene rings is 1. The highest BCUT2D eigenvalue weighted by atomic mass is 32.1. The van der Waals surface area contributed by atoms with Crippen LogP contribution in [0, 0.1) is 25.1 Å². The summed E-state index contributed by atoms with van der Waals surface area (Å²) in [5, 5.41) is 5.07. The summed E-state index contributed by atoms with van der Waals surface area (Å²) in [6.07, 6.45) is 6.14. The second-order valence-electron chi connectivity index (χ2n) is 6.53. The molecule has 146 valence electrons. The maximum Gasteiger partial charge on any atom is 0.410 e. The summed E-state index contributed by atoms with van der Waals surface area (Å²) >= 11 is 1.40. The van der Waals surface area contributed by atoms with Crippen LogP contribution in [0.1, 0.15) is 39.8 Å². The van der Waals surface area contributed by atoms with Gasteiger partial charge in [0.05, 0.1) is 10.7 Å². The van der Waals surface area contributed by atoms with E-state index in [9.17, 15) is 14.0 Å². The lowest BCUT2D eigenvalue weighted by Crippen LogP contribution is -2.38. The highest BCUT2D eigenvalue weighted by molar-refractivity contribution is 7.10. The molecule has 2 amide bonds. The molecule has 28 heavy (non-hydrogen) atoms. The van der Waals surface area contributed by atoms with Crippen LogP contribution in [0.2, 0.25) is 0 Å². The molecule has 3 rings (SSSR count). The first-order chi connectivity index (χ1) is 13.5. The smallest absolute Gasteiger partial charge is 0.410 e. The molecule has 0 atom stereocenters. The van der Waals surface area contributed by atoms with Crippen molar-refractivity contribution in [3.8, 4) is 12.3 Å². The average Bonchev–Trinajstić information content (AvgIpc) is 3.19. The van der Waals surface area contributed by atoms with Gasteiger partial charge in [-0.2, -0.15) is 0 Å². The van der Waals surface area contributed by atoms with Crippen molar-refractivity contribution in [2.75, 3.05) is 25.0 Å². The minimum atomic E-state index is -0.479. The number of halogens is 1. The van der Waals surface area contributed by atoms with Crippen LogP contribution in [-0.2, 0) is 4.74 Å². The van der Waals surface area contributed by atoms with E-state index in [1.165, 1.54) is 23.5 Å². The van der Waals surface area contributed by atoms with E-state index in [0.717, 1.165) is 23.4 Å². The number of carbonyl (C=O) groups excluding carboxylic acids is 2. The summed E-state index contributed by atoms with van der Waals surface area (Å²) in [5.74, 6) is 1.51. The molecule has 1 fully saturated rings. The van der Waals surface area contributed by atoms with Gasteiger partial charge < -0.3 is 15.0 Å². The molecule has 1 N–H and O–H groups in total. The molecule has 6 nitrogen and oxygen atoms in total. The number of amides is 2. The molecule has 1 aromatic heterocycles. The normalized spacial score (nSPS) is 14.4. The van der Waals surface area contributed by atoms with Gasteiger partial charge in [0, 0.05) is 24.4 Å². The van der Waals surface area contributed by atoms with E-state index in [2.05, 4.69) is 16.2 Å². The predicted molar refractivity (Wildman–Crippen MR) is 105 cm³/mol. The zero-order valence-electron chi connectivity index (χ0n) is 15.4. The van der Waals surface area contributed by atoms with Crippen LogP contribution in [-0.4, -0.2) is 41.6 Å². The number of aromatic nitrogens is 1. The van der Waals surface area contributed by atoms with Crippen LogP contribution >= 0.6 is 11.3 Å². The SMILES string of the molecule is C#CCOC(=O)N1CCC(c2nc(C(=O)Nc3ccc(C)cc3F)cs2)CC1. The van der Waals surface area contributed by atoms with Crippen LogP contribution in [0.3, 0.4) is 0 Å². The van der Waals surface area contributed by atoms with Crippen molar-refractivity contribution in [2.24, 2.45) is 0 Å². The Bertz CT molecular complexity index is 914. The Kier molecular flexibility index (Phi) is 6.26. The van der Waals surface area contributed by atoms with Crippen LogP contribution in [0.25, 0.3) is 0 Å². The molecular formula is C20H20FN3O3S. The van der Waals surface area contributed by atoms with Crippen LogP contribution in [0.4, 0.5) is 14.9 Å². The molecule has 1 saturated heterocycles. The van der Waals surface area contributed by atoms with E-state index in [4.69, 9.17) is 11.2 Å². The number of piperidine rings is 1. The van der Waals surface area contributed by atoms with Crippen molar-refractivity contribution in [2.45, 2.75) is 25.7 Å². The lowest BCUT2D eigenvalue weighted by Gasteiger charge is -2.30. The number of aryl methyl sites for hydroxylation is 1. The first-order valence-corrected chi connectivity index (χ1v) is 9.74. The molecule has 0 spiro atoms. The number of anilines is 1. The van der Waals surface area contributed by atoms with Gasteiger partial charge in [0.2, 0.25) is 0 Å². The van der Waals surface area contributed by atoms with Gasteiger partial charge in [0.15, 0.2) is 6.61 Å². The monoisotopic (exact) mass is 401 g/mol. The number of hydrogen-bond donors (Lipinski definition) is 1. The number of rotatable bonds is 4. The van der Waals surface area contributed by atoms with Gasteiger partial charge in [-0.15, -0.1) is 17.8 Å². The Morgan fingerprint density at radius 1 is 1.43 bits per heavy atom. The average molecular weight is 401 g/mol. The van der Waals surface area contributed by atoms with Crippen LogP contribution in [0.15, 0.2) is 23.6 Å². The number of hydrogen-bond acceptors (Lipinski definition) is 5. The molecule has 0 radical (unpaired) electrons. The highest BCUT2D eigenvalue weighted by Gasteiger charge is 2.27. The minimum absolute atomic E-state index is 0.0364. The minimum Gasteiger partial charge on any atom is -0.436 e. The third-order valence-corrected chi connectivity index (χ3v) is 5.52. The second-order valence-corrected chi connectivity index (χ2v) is 7.42. The molecular weight excluding hydrogens is 381 g/mol. The van der Waals surface area contributed by atoms with Gasteiger partial charge in [-0.1, -0.05) is 12.0 Å². The van der Waals surface area contributed by atoms with Crippen LogP contribution < -0.4 is 5.32 Å². The maximum absolute atomic E-state index is 13.9. The topological polar surface area (TPSA) is 71.5 Å². The molecule has 0 saturated carbocycles. The molecule has 1 aromatic carbocycles. The molecule has 1 aliphatic rings. The standard InChI is InChI=1S/C20H20FN3O3S/c1-3-10-27-20(26)24-8-6-14(7-9-24)19-23-17(12-28-19)18(25)22-16-5-4-13(2)11-15(16)21/h1,4-5,11-12,14H,6-10H2,2H3,(H,22,25). The summed E-state index contributed by atoms with van der Waals surface area (Å²) in [6, 6.07) is 4.63. The van der Waals surface area contributed by atoms with E-state index in [1.807, 2.05) is 0 Å². The molecule has 8 heteroatoms. The third-order valence-electron chi connectivity index (χ3n) is 4.51. The number of ether oxygens (including phenoxy) is 1. The van der Waals surface area contributed by atoms with Gasteiger partial charge in [-0.05, 0) is 37.5 Å². The summed E-state index contributed by atoms with van der Waals surface area (Å²) in [5.41, 5.74) is 1.17. The Morgan fingerprint density at radius 2 is 2.18 bits per heavy atom. The van der Waals surface area contributed by atoms with E-state index >= 15 is 0 Å². The Balaban J connectivity index is 1.58. The fourth-order valence-electron chi connectivity index (χ4n) is 2.99. The molecule has 2 aromatic rings. The van der Waals surface area contributed by atoms with Gasteiger partial charge in [0.25, 0.3) is 5.91 Å². The van der Waals surface area contributed by atoms with Gasteiger partial charge in [0.1, 0.15) is 11.5 Å². The van der Waals surface area contributed by atoms with Gasteiger partial charge >= 0.3 is 6.09 Å². The fraction of sp³-hybridized carbons (Fsp3) is 0.350. The predicted octanol–water partition coefficient (Wildman–Crippen LogP) is 3.79. The number of likely N-dealkylation sites (tertiary alicyclic amines) is 1. The lowest BCUT2D eigenvalue weighted by atomic mass is 9.98. The Morgan fingerprint density at radius 3 is 2.86 bits per heavy atom. The zero-order chi connectivity index (χ0) is 20.1. The first-order valence-electron chi connectivity index (χ1n) is 8.86. The van der Waals surface area contributed by atoms with Crippen molar-refractivity contribution in [1.82, 2.24) is 9.88 Å². The Hall–Kier alpha value is -2.92.